The molecule has 25 heavy (non-hydrogen) atoms. The number of carbonyl (C=O) groups is 1. The summed E-state index contributed by atoms with van der Waals surface area (Å²) in [7, 11) is 0. The number of hydrogen-bond donors (Lipinski definition) is 1. The molecule has 0 saturated carbocycles. The van der Waals surface area contributed by atoms with E-state index in [9.17, 15) is 4.79 Å². The van der Waals surface area contributed by atoms with Gasteiger partial charge in [-0.1, -0.05) is 63.9 Å². The fourth-order valence-electron chi connectivity index (χ4n) is 2.26. The SMILES string of the molecule is O=C(COc1ccc(Cl)c2ccccc12)NN=Cc1ccc(Br)cc1. The van der Waals surface area contributed by atoms with Crippen molar-refractivity contribution in [3.8, 4) is 5.75 Å². The summed E-state index contributed by atoms with van der Waals surface area (Å²) in [6, 6.07) is 18.7. The minimum absolute atomic E-state index is 0.136. The lowest BCUT2D eigenvalue weighted by molar-refractivity contribution is -0.123. The third kappa shape index (κ3) is 4.59. The Balaban J connectivity index is 1.59. The molecule has 3 rings (SSSR count). The van der Waals surface area contributed by atoms with E-state index in [0.29, 0.717) is 10.8 Å². The summed E-state index contributed by atoms with van der Waals surface area (Å²) in [6.07, 6.45) is 1.57. The first-order valence-electron chi connectivity index (χ1n) is 7.51. The molecule has 0 aliphatic carbocycles. The maximum Gasteiger partial charge on any atom is 0.277 e. The quantitative estimate of drug-likeness (QED) is 0.479. The molecule has 0 aliphatic heterocycles. The lowest BCUT2D eigenvalue weighted by Gasteiger charge is -2.09. The van der Waals surface area contributed by atoms with Gasteiger partial charge in [0.15, 0.2) is 6.61 Å². The molecule has 1 amide bonds. The molecule has 126 valence electrons. The molecule has 0 unspecified atom stereocenters. The second-order valence-electron chi connectivity index (χ2n) is 5.22. The predicted octanol–water partition coefficient (Wildman–Crippen LogP) is 4.78. The van der Waals surface area contributed by atoms with E-state index in [1.807, 2.05) is 48.5 Å². The van der Waals surface area contributed by atoms with E-state index in [1.165, 1.54) is 0 Å². The zero-order valence-electron chi connectivity index (χ0n) is 13.1. The molecule has 0 bridgehead atoms. The largest absolute Gasteiger partial charge is 0.483 e. The highest BCUT2D eigenvalue weighted by Gasteiger charge is 2.07. The van der Waals surface area contributed by atoms with Gasteiger partial charge in [-0.25, -0.2) is 5.43 Å². The number of ether oxygens (including phenoxy) is 1. The van der Waals surface area contributed by atoms with Crippen LogP contribution >= 0.6 is 27.5 Å². The Morgan fingerprint density at radius 1 is 1.08 bits per heavy atom. The van der Waals surface area contributed by atoms with Crippen molar-refractivity contribution in [3.63, 3.8) is 0 Å². The van der Waals surface area contributed by atoms with Gasteiger partial charge in [-0.3, -0.25) is 4.79 Å². The second-order valence-corrected chi connectivity index (χ2v) is 6.55. The summed E-state index contributed by atoms with van der Waals surface area (Å²) in [5.74, 6) is 0.263. The molecular weight excluding hydrogens is 404 g/mol. The normalized spacial score (nSPS) is 11.0. The average Bonchev–Trinajstić information content (AvgIpc) is 2.63. The number of nitrogens with zero attached hydrogens (tertiary/aromatic N) is 1. The molecule has 3 aromatic carbocycles. The van der Waals surface area contributed by atoms with E-state index < -0.39 is 0 Å². The van der Waals surface area contributed by atoms with E-state index in [-0.39, 0.29) is 12.5 Å². The monoisotopic (exact) mass is 416 g/mol. The number of hydrogen-bond acceptors (Lipinski definition) is 3. The summed E-state index contributed by atoms with van der Waals surface area (Å²) in [6.45, 7) is -0.136. The van der Waals surface area contributed by atoms with E-state index in [0.717, 1.165) is 20.8 Å². The zero-order chi connectivity index (χ0) is 17.6. The van der Waals surface area contributed by atoms with Crippen LogP contribution in [0.25, 0.3) is 10.8 Å². The van der Waals surface area contributed by atoms with Gasteiger partial charge in [-0.05, 0) is 29.8 Å². The van der Waals surface area contributed by atoms with Crippen LogP contribution in [-0.4, -0.2) is 18.7 Å². The number of rotatable bonds is 5. The van der Waals surface area contributed by atoms with Crippen LogP contribution in [0.2, 0.25) is 5.02 Å². The van der Waals surface area contributed by atoms with E-state index in [1.54, 1.807) is 18.3 Å². The van der Waals surface area contributed by atoms with Crippen LogP contribution in [0, 0.1) is 0 Å². The Morgan fingerprint density at radius 3 is 2.56 bits per heavy atom. The van der Waals surface area contributed by atoms with Crippen LogP contribution in [0.15, 0.2) is 70.2 Å². The van der Waals surface area contributed by atoms with Crippen molar-refractivity contribution in [3.05, 3.63) is 75.7 Å². The fourth-order valence-corrected chi connectivity index (χ4v) is 2.76. The number of hydrazone groups is 1. The summed E-state index contributed by atoms with van der Waals surface area (Å²) in [4.78, 5) is 11.9. The summed E-state index contributed by atoms with van der Waals surface area (Å²) in [5, 5.41) is 6.31. The minimum atomic E-state index is -0.340. The van der Waals surface area contributed by atoms with Crippen LogP contribution in [-0.2, 0) is 4.79 Å². The molecule has 0 saturated heterocycles. The third-order valence-corrected chi connectivity index (χ3v) is 4.32. The van der Waals surface area contributed by atoms with Crippen molar-refractivity contribution in [2.24, 2.45) is 5.10 Å². The minimum Gasteiger partial charge on any atom is -0.483 e. The second kappa shape index (κ2) is 8.14. The van der Waals surface area contributed by atoms with Crippen molar-refractivity contribution in [2.45, 2.75) is 0 Å². The van der Waals surface area contributed by atoms with Gasteiger partial charge in [0.1, 0.15) is 5.75 Å². The molecular formula is C19H14BrClN2O2. The number of carbonyl (C=O) groups excluding carboxylic acids is 1. The molecule has 3 aromatic rings. The maximum absolute atomic E-state index is 11.9. The molecule has 0 aliphatic rings. The third-order valence-electron chi connectivity index (χ3n) is 3.46. The van der Waals surface area contributed by atoms with Crippen molar-refractivity contribution < 1.29 is 9.53 Å². The van der Waals surface area contributed by atoms with E-state index >= 15 is 0 Å². The summed E-state index contributed by atoms with van der Waals surface area (Å²) >= 11 is 9.53. The molecule has 0 fully saturated rings. The Kier molecular flexibility index (Phi) is 5.68. The number of amides is 1. The van der Waals surface area contributed by atoms with Crippen LogP contribution in [0.4, 0.5) is 0 Å². The highest BCUT2D eigenvalue weighted by atomic mass is 79.9. The van der Waals surface area contributed by atoms with Gasteiger partial charge in [-0.2, -0.15) is 5.10 Å². The molecule has 4 nitrogen and oxygen atoms in total. The van der Waals surface area contributed by atoms with Gasteiger partial charge in [0, 0.05) is 20.3 Å². The van der Waals surface area contributed by atoms with E-state index in [4.69, 9.17) is 16.3 Å². The lowest BCUT2D eigenvalue weighted by atomic mass is 10.1. The molecule has 0 heterocycles. The molecule has 1 N–H and O–H groups in total. The summed E-state index contributed by atoms with van der Waals surface area (Å²) in [5.41, 5.74) is 3.33. The fraction of sp³-hybridized carbons (Fsp3) is 0.0526. The van der Waals surface area contributed by atoms with Gasteiger partial charge < -0.3 is 4.74 Å². The molecule has 6 heteroatoms. The van der Waals surface area contributed by atoms with Gasteiger partial charge >= 0.3 is 0 Å². The molecule has 0 spiro atoms. The number of nitrogens with one attached hydrogen (secondary N) is 1. The smallest absolute Gasteiger partial charge is 0.277 e. The van der Waals surface area contributed by atoms with Crippen LogP contribution in [0.5, 0.6) is 5.75 Å². The Bertz CT molecular complexity index is 926. The average molecular weight is 418 g/mol. The van der Waals surface area contributed by atoms with E-state index in [2.05, 4.69) is 26.5 Å². The number of fused-ring (bicyclic) bond motifs is 1. The predicted molar refractivity (Wildman–Crippen MR) is 104 cm³/mol. The maximum atomic E-state index is 11.9. The Labute approximate surface area is 158 Å². The first kappa shape index (κ1) is 17.5. The Morgan fingerprint density at radius 2 is 1.80 bits per heavy atom. The van der Waals surface area contributed by atoms with Crippen molar-refractivity contribution in [1.29, 1.82) is 0 Å². The first-order valence-corrected chi connectivity index (χ1v) is 8.68. The van der Waals surface area contributed by atoms with Crippen LogP contribution < -0.4 is 10.2 Å². The lowest BCUT2D eigenvalue weighted by Crippen LogP contribution is -2.24. The number of benzene rings is 3. The first-order chi connectivity index (χ1) is 12.1. The van der Waals surface area contributed by atoms with Gasteiger partial charge in [0.2, 0.25) is 0 Å². The van der Waals surface area contributed by atoms with Gasteiger partial charge in [-0.15, -0.1) is 0 Å². The van der Waals surface area contributed by atoms with Crippen molar-refractivity contribution >= 4 is 50.4 Å². The summed E-state index contributed by atoms with van der Waals surface area (Å²) < 4.78 is 6.59. The Hall–Kier alpha value is -2.37. The van der Waals surface area contributed by atoms with Gasteiger partial charge in [0.25, 0.3) is 5.91 Å². The highest BCUT2D eigenvalue weighted by molar-refractivity contribution is 9.10. The molecule has 0 atom stereocenters. The van der Waals surface area contributed by atoms with Crippen LogP contribution in [0.1, 0.15) is 5.56 Å². The van der Waals surface area contributed by atoms with Crippen molar-refractivity contribution in [2.75, 3.05) is 6.61 Å². The van der Waals surface area contributed by atoms with Crippen LogP contribution in [0.3, 0.4) is 0 Å². The molecule has 0 radical (unpaired) electrons. The van der Waals surface area contributed by atoms with Crippen molar-refractivity contribution in [1.82, 2.24) is 5.43 Å². The topological polar surface area (TPSA) is 50.7 Å². The van der Waals surface area contributed by atoms with Gasteiger partial charge in [0.05, 0.1) is 6.21 Å². The zero-order valence-corrected chi connectivity index (χ0v) is 15.4. The number of halogens is 2. The highest BCUT2D eigenvalue weighted by Crippen LogP contribution is 2.31. The molecule has 0 aromatic heterocycles. The standard InChI is InChI=1S/C19H14BrClN2O2/c20-14-7-5-13(6-8-14)11-22-23-19(24)12-25-18-10-9-17(21)15-3-1-2-4-16(15)18/h1-11H,12H2,(H,23,24).